The van der Waals surface area contributed by atoms with Crippen molar-refractivity contribution >= 4 is 44.7 Å². The van der Waals surface area contributed by atoms with Gasteiger partial charge in [-0.1, -0.05) is 0 Å². The molecule has 1 aromatic heterocycles. The third-order valence-electron chi connectivity index (χ3n) is 3.95. The summed E-state index contributed by atoms with van der Waals surface area (Å²) in [4.78, 5) is 22.1. The molecule has 2 aromatic rings. The van der Waals surface area contributed by atoms with Crippen LogP contribution in [0.5, 0.6) is 0 Å². The number of thioether (sulfide) groups is 1. The summed E-state index contributed by atoms with van der Waals surface area (Å²) in [6.07, 6.45) is 0. The standard InChI is InChI=1S/C16H17N3O5S3/c1-11(20)17-10-14-6-7-15(26-14)27(23,24)18-8-9-25-16(18)12-2-4-13(5-3-12)19(21)22/h2-7,16H,8-10H2,1H3,(H,17,20). The van der Waals surface area contributed by atoms with Crippen molar-refractivity contribution < 1.29 is 18.1 Å². The van der Waals surface area contributed by atoms with Gasteiger partial charge in [-0.25, -0.2) is 8.42 Å². The number of nitro benzene ring substituents is 1. The van der Waals surface area contributed by atoms with Gasteiger partial charge in [0.05, 0.1) is 16.8 Å². The zero-order chi connectivity index (χ0) is 19.6. The normalized spacial score (nSPS) is 17.7. The highest BCUT2D eigenvalue weighted by Crippen LogP contribution is 2.42. The maximum absolute atomic E-state index is 13.1. The molecule has 1 aromatic carbocycles. The molecular weight excluding hydrogens is 410 g/mol. The molecule has 0 spiro atoms. The number of nitro groups is 1. The molecule has 3 rings (SSSR count). The summed E-state index contributed by atoms with van der Waals surface area (Å²) < 4.78 is 27.8. The molecule has 0 aliphatic carbocycles. The molecular formula is C16H17N3O5S3. The Hall–Kier alpha value is -1.95. The second kappa shape index (κ2) is 7.97. The lowest BCUT2D eigenvalue weighted by molar-refractivity contribution is -0.384. The lowest BCUT2D eigenvalue weighted by Gasteiger charge is -2.22. The number of hydrogen-bond donors (Lipinski definition) is 1. The maximum Gasteiger partial charge on any atom is 0.269 e. The van der Waals surface area contributed by atoms with Crippen molar-refractivity contribution in [2.45, 2.75) is 23.1 Å². The van der Waals surface area contributed by atoms with Gasteiger partial charge in [0.1, 0.15) is 4.21 Å². The molecule has 144 valence electrons. The summed E-state index contributed by atoms with van der Waals surface area (Å²) in [5, 5.41) is 13.0. The molecule has 1 amide bonds. The third kappa shape index (κ3) is 4.32. The lowest BCUT2D eigenvalue weighted by Crippen LogP contribution is -2.30. The minimum atomic E-state index is -3.70. The Bertz CT molecular complexity index is 956. The van der Waals surface area contributed by atoms with Gasteiger partial charge in [0.15, 0.2) is 0 Å². The summed E-state index contributed by atoms with van der Waals surface area (Å²) in [7, 11) is -3.70. The molecule has 1 atom stereocenters. The van der Waals surface area contributed by atoms with E-state index in [-0.39, 0.29) is 22.3 Å². The Kier molecular flexibility index (Phi) is 5.84. The van der Waals surface area contributed by atoms with Crippen LogP contribution in [0.15, 0.2) is 40.6 Å². The highest BCUT2D eigenvalue weighted by atomic mass is 32.2. The first-order valence-electron chi connectivity index (χ1n) is 8.00. The van der Waals surface area contributed by atoms with Gasteiger partial charge in [0.2, 0.25) is 5.91 Å². The van der Waals surface area contributed by atoms with E-state index in [1.807, 2.05) is 0 Å². The highest BCUT2D eigenvalue weighted by molar-refractivity contribution is 8.01. The van der Waals surface area contributed by atoms with Crippen LogP contribution in [0.2, 0.25) is 0 Å². The summed E-state index contributed by atoms with van der Waals surface area (Å²) in [6.45, 7) is 2.06. The van der Waals surface area contributed by atoms with Crippen LogP contribution in [0.1, 0.15) is 22.7 Å². The number of amides is 1. The SMILES string of the molecule is CC(=O)NCc1ccc(S(=O)(=O)N2CCSC2c2ccc([N+](=O)[O-])cc2)s1. The number of hydrogen-bond acceptors (Lipinski definition) is 7. The van der Waals surface area contributed by atoms with E-state index >= 15 is 0 Å². The number of thiophene rings is 1. The Labute approximate surface area is 164 Å². The van der Waals surface area contributed by atoms with Gasteiger partial charge in [-0.05, 0) is 29.8 Å². The molecule has 1 unspecified atom stereocenters. The Balaban J connectivity index is 1.82. The van der Waals surface area contributed by atoms with E-state index in [0.717, 1.165) is 16.2 Å². The van der Waals surface area contributed by atoms with Crippen LogP contribution >= 0.6 is 23.1 Å². The largest absolute Gasteiger partial charge is 0.351 e. The second-order valence-electron chi connectivity index (χ2n) is 5.82. The van der Waals surface area contributed by atoms with Crippen molar-refractivity contribution in [1.29, 1.82) is 0 Å². The van der Waals surface area contributed by atoms with Crippen LogP contribution in [0, 0.1) is 10.1 Å². The fourth-order valence-corrected chi connectivity index (χ4v) is 7.31. The minimum absolute atomic E-state index is 0.0305. The van der Waals surface area contributed by atoms with Gasteiger partial charge in [-0.3, -0.25) is 14.9 Å². The van der Waals surface area contributed by atoms with Crippen molar-refractivity contribution in [3.8, 4) is 0 Å². The highest BCUT2D eigenvalue weighted by Gasteiger charge is 2.37. The van der Waals surface area contributed by atoms with Crippen molar-refractivity contribution in [1.82, 2.24) is 9.62 Å². The Morgan fingerprint density at radius 1 is 1.30 bits per heavy atom. The topological polar surface area (TPSA) is 110 Å². The summed E-state index contributed by atoms with van der Waals surface area (Å²) in [6, 6.07) is 9.20. The van der Waals surface area contributed by atoms with E-state index in [1.165, 1.54) is 35.1 Å². The molecule has 0 saturated carbocycles. The van der Waals surface area contributed by atoms with Gasteiger partial charge < -0.3 is 5.32 Å². The summed E-state index contributed by atoms with van der Waals surface area (Å²) >= 11 is 2.61. The third-order valence-corrected chi connectivity index (χ3v) is 8.76. The Morgan fingerprint density at radius 3 is 2.63 bits per heavy atom. The van der Waals surface area contributed by atoms with E-state index in [9.17, 15) is 23.3 Å². The van der Waals surface area contributed by atoms with E-state index in [4.69, 9.17) is 0 Å². The smallest absolute Gasteiger partial charge is 0.269 e. The van der Waals surface area contributed by atoms with Crippen molar-refractivity contribution in [2.24, 2.45) is 0 Å². The molecule has 1 N–H and O–H groups in total. The summed E-state index contributed by atoms with van der Waals surface area (Å²) in [5.41, 5.74) is 0.679. The van der Waals surface area contributed by atoms with Gasteiger partial charge in [-0.2, -0.15) is 4.31 Å². The molecule has 0 bridgehead atoms. The zero-order valence-corrected chi connectivity index (χ0v) is 16.8. The average Bonchev–Trinajstić information content (AvgIpc) is 3.30. The van der Waals surface area contributed by atoms with Crippen LogP contribution in [-0.2, 0) is 21.4 Å². The second-order valence-corrected chi connectivity index (χ2v) is 10.3. The minimum Gasteiger partial charge on any atom is -0.351 e. The van der Waals surface area contributed by atoms with E-state index in [1.54, 1.807) is 24.3 Å². The van der Waals surface area contributed by atoms with E-state index in [0.29, 0.717) is 17.9 Å². The quantitative estimate of drug-likeness (QED) is 0.561. The predicted molar refractivity (Wildman–Crippen MR) is 104 cm³/mol. The molecule has 1 aliphatic heterocycles. The number of non-ortho nitro benzene ring substituents is 1. The van der Waals surface area contributed by atoms with E-state index in [2.05, 4.69) is 5.32 Å². The predicted octanol–water partition coefficient (Wildman–Crippen LogP) is 2.73. The van der Waals surface area contributed by atoms with Gasteiger partial charge in [-0.15, -0.1) is 23.1 Å². The first-order chi connectivity index (χ1) is 12.8. The molecule has 0 radical (unpaired) electrons. The number of nitrogens with one attached hydrogen (secondary N) is 1. The first kappa shape index (κ1) is 19.8. The van der Waals surface area contributed by atoms with Gasteiger partial charge in [0, 0.05) is 36.2 Å². The summed E-state index contributed by atoms with van der Waals surface area (Å²) in [5.74, 6) is 0.465. The first-order valence-corrected chi connectivity index (χ1v) is 11.3. The van der Waals surface area contributed by atoms with E-state index < -0.39 is 20.3 Å². The van der Waals surface area contributed by atoms with Crippen molar-refractivity contribution in [3.63, 3.8) is 0 Å². The maximum atomic E-state index is 13.1. The average molecular weight is 428 g/mol. The fourth-order valence-electron chi connectivity index (χ4n) is 2.64. The van der Waals surface area contributed by atoms with Crippen LogP contribution in [-0.4, -0.2) is 35.9 Å². The number of benzene rings is 1. The van der Waals surface area contributed by atoms with Gasteiger partial charge in [0.25, 0.3) is 15.7 Å². The fraction of sp³-hybridized carbons (Fsp3) is 0.312. The number of carbonyl (C=O) groups excluding carboxylic acids is 1. The lowest BCUT2D eigenvalue weighted by atomic mass is 10.2. The van der Waals surface area contributed by atoms with Crippen molar-refractivity contribution in [3.05, 3.63) is 57.0 Å². The number of rotatable bonds is 6. The number of sulfonamides is 1. The van der Waals surface area contributed by atoms with Crippen LogP contribution in [0.25, 0.3) is 0 Å². The molecule has 8 nitrogen and oxygen atoms in total. The number of carbonyl (C=O) groups is 1. The zero-order valence-electron chi connectivity index (χ0n) is 14.3. The van der Waals surface area contributed by atoms with Gasteiger partial charge >= 0.3 is 0 Å². The Morgan fingerprint density at radius 2 is 2.00 bits per heavy atom. The van der Waals surface area contributed by atoms with Crippen molar-refractivity contribution in [2.75, 3.05) is 12.3 Å². The molecule has 1 aliphatic rings. The monoisotopic (exact) mass is 427 g/mol. The van der Waals surface area contributed by atoms with Crippen LogP contribution < -0.4 is 5.32 Å². The van der Waals surface area contributed by atoms with Crippen LogP contribution in [0.4, 0.5) is 5.69 Å². The molecule has 11 heteroatoms. The number of nitrogens with zero attached hydrogens (tertiary/aromatic N) is 2. The molecule has 1 saturated heterocycles. The molecule has 2 heterocycles. The molecule has 1 fully saturated rings. The van der Waals surface area contributed by atoms with Crippen LogP contribution in [0.3, 0.4) is 0 Å². The molecule has 27 heavy (non-hydrogen) atoms.